The van der Waals surface area contributed by atoms with Gasteiger partial charge >= 0.3 is 5.97 Å². The van der Waals surface area contributed by atoms with Crippen molar-refractivity contribution in [3.63, 3.8) is 0 Å². The van der Waals surface area contributed by atoms with E-state index in [0.29, 0.717) is 5.56 Å². The van der Waals surface area contributed by atoms with Crippen molar-refractivity contribution in [3.05, 3.63) is 35.9 Å². The van der Waals surface area contributed by atoms with E-state index in [1.807, 2.05) is 0 Å². The average molecular weight is 205 g/mol. The van der Waals surface area contributed by atoms with E-state index in [2.05, 4.69) is 4.74 Å². The number of carbonyl (C=O) groups excluding carboxylic acids is 1. The Kier molecular flexibility index (Phi) is 3.42. The summed E-state index contributed by atoms with van der Waals surface area (Å²) in [5.74, 6) is -0.824. The van der Waals surface area contributed by atoms with Gasteiger partial charge in [-0.25, -0.2) is 4.79 Å². The van der Waals surface area contributed by atoms with Crippen LogP contribution < -0.4 is 0 Å². The van der Waals surface area contributed by atoms with Crippen molar-refractivity contribution in [1.82, 2.24) is 0 Å². The van der Waals surface area contributed by atoms with Gasteiger partial charge in [-0.1, -0.05) is 30.3 Å². The highest BCUT2D eigenvalue weighted by molar-refractivity contribution is 5.81. The Morgan fingerprint density at radius 3 is 2.60 bits per heavy atom. The fourth-order valence-corrected chi connectivity index (χ4v) is 1.29. The Morgan fingerprint density at radius 1 is 1.53 bits per heavy atom. The summed E-state index contributed by atoms with van der Waals surface area (Å²) < 4.78 is 4.48. The molecule has 0 aliphatic heterocycles. The van der Waals surface area contributed by atoms with Gasteiger partial charge in [-0.2, -0.15) is 5.26 Å². The van der Waals surface area contributed by atoms with Gasteiger partial charge in [-0.3, -0.25) is 0 Å². The Labute approximate surface area is 87.7 Å². The van der Waals surface area contributed by atoms with Crippen molar-refractivity contribution in [2.24, 2.45) is 0 Å². The summed E-state index contributed by atoms with van der Waals surface area (Å²) in [6.07, 6.45) is -0.330. The van der Waals surface area contributed by atoms with Crippen molar-refractivity contribution >= 4 is 5.97 Å². The molecule has 0 spiro atoms. The van der Waals surface area contributed by atoms with Gasteiger partial charge < -0.3 is 9.84 Å². The number of esters is 1. The smallest absolute Gasteiger partial charge is 0.343 e. The van der Waals surface area contributed by atoms with Gasteiger partial charge in [0.2, 0.25) is 0 Å². The number of hydrogen-bond acceptors (Lipinski definition) is 4. The van der Waals surface area contributed by atoms with Crippen molar-refractivity contribution in [2.75, 3.05) is 7.11 Å². The largest absolute Gasteiger partial charge is 0.467 e. The molecule has 4 heteroatoms. The number of nitriles is 1. The second kappa shape index (κ2) is 4.58. The van der Waals surface area contributed by atoms with Crippen LogP contribution >= 0.6 is 0 Å². The summed E-state index contributed by atoms with van der Waals surface area (Å²) in [6, 6.07) is 10.0. The zero-order valence-electron chi connectivity index (χ0n) is 8.30. The molecule has 78 valence electrons. The molecule has 0 aromatic heterocycles. The van der Waals surface area contributed by atoms with Crippen LogP contribution in [-0.2, 0) is 15.1 Å². The first-order valence-electron chi connectivity index (χ1n) is 4.38. The number of methoxy groups -OCH3 is 1. The lowest BCUT2D eigenvalue weighted by molar-refractivity contribution is -0.163. The first-order chi connectivity index (χ1) is 7.15. The van der Waals surface area contributed by atoms with Crippen LogP contribution in [0.5, 0.6) is 0 Å². The lowest BCUT2D eigenvalue weighted by Gasteiger charge is -2.22. The van der Waals surface area contributed by atoms with Crippen LogP contribution in [0.4, 0.5) is 0 Å². The molecule has 0 fully saturated rings. The highest BCUT2D eigenvalue weighted by Crippen LogP contribution is 2.25. The topological polar surface area (TPSA) is 70.3 Å². The molecule has 0 amide bonds. The number of benzene rings is 1. The highest BCUT2D eigenvalue weighted by Gasteiger charge is 2.38. The van der Waals surface area contributed by atoms with Crippen molar-refractivity contribution in [2.45, 2.75) is 12.0 Å². The second-order valence-corrected chi connectivity index (χ2v) is 3.05. The Morgan fingerprint density at radius 2 is 2.13 bits per heavy atom. The summed E-state index contributed by atoms with van der Waals surface area (Å²) in [4.78, 5) is 11.4. The fourth-order valence-electron chi connectivity index (χ4n) is 1.29. The maximum absolute atomic E-state index is 11.4. The molecule has 15 heavy (non-hydrogen) atoms. The molecule has 0 aliphatic rings. The lowest BCUT2D eigenvalue weighted by atomic mass is 9.91. The summed E-state index contributed by atoms with van der Waals surface area (Å²) in [5, 5.41) is 18.6. The predicted octanol–water partition coefficient (Wildman–Crippen LogP) is 0.961. The standard InChI is InChI=1S/C11H11NO3/c1-15-10(13)11(14,7-8-12)9-5-3-2-4-6-9/h2-6,14H,7H2,1H3. The molecule has 1 N–H and O–H groups in total. The molecular weight excluding hydrogens is 194 g/mol. The van der Waals surface area contributed by atoms with Crippen molar-refractivity contribution in [1.29, 1.82) is 5.26 Å². The molecule has 0 radical (unpaired) electrons. The van der Waals surface area contributed by atoms with Gasteiger partial charge in [0.05, 0.1) is 19.6 Å². The van der Waals surface area contributed by atoms with Crippen LogP contribution in [0.3, 0.4) is 0 Å². The molecule has 0 aliphatic carbocycles. The van der Waals surface area contributed by atoms with Crippen LogP contribution in [0, 0.1) is 11.3 Å². The molecule has 1 rings (SSSR count). The quantitative estimate of drug-likeness (QED) is 0.746. The molecular formula is C11H11NO3. The van der Waals surface area contributed by atoms with E-state index in [-0.39, 0.29) is 6.42 Å². The number of nitrogens with zero attached hydrogens (tertiary/aromatic N) is 1. The molecule has 0 saturated carbocycles. The third kappa shape index (κ3) is 2.14. The zero-order chi connectivity index (χ0) is 11.3. The number of ether oxygens (including phenoxy) is 1. The van der Waals surface area contributed by atoms with E-state index in [1.165, 1.54) is 7.11 Å². The molecule has 4 nitrogen and oxygen atoms in total. The number of rotatable bonds is 3. The van der Waals surface area contributed by atoms with Crippen LogP contribution in [0.25, 0.3) is 0 Å². The monoisotopic (exact) mass is 205 g/mol. The predicted molar refractivity (Wildman–Crippen MR) is 52.6 cm³/mol. The second-order valence-electron chi connectivity index (χ2n) is 3.05. The third-order valence-electron chi connectivity index (χ3n) is 2.11. The molecule has 1 unspecified atom stereocenters. The lowest BCUT2D eigenvalue weighted by Crippen LogP contribution is -2.36. The molecule has 1 aromatic rings. The average Bonchev–Trinajstić information content (AvgIpc) is 2.29. The van der Waals surface area contributed by atoms with Gasteiger partial charge in [0.15, 0.2) is 5.60 Å². The van der Waals surface area contributed by atoms with Gasteiger partial charge in [0, 0.05) is 0 Å². The number of carbonyl (C=O) groups is 1. The van der Waals surface area contributed by atoms with E-state index >= 15 is 0 Å². The third-order valence-corrected chi connectivity index (χ3v) is 2.11. The minimum atomic E-state index is -1.87. The van der Waals surface area contributed by atoms with Gasteiger partial charge in [-0.15, -0.1) is 0 Å². The van der Waals surface area contributed by atoms with Crippen LogP contribution in [0.1, 0.15) is 12.0 Å². The zero-order valence-corrected chi connectivity index (χ0v) is 8.30. The molecule has 0 bridgehead atoms. The van der Waals surface area contributed by atoms with E-state index in [1.54, 1.807) is 36.4 Å². The minimum Gasteiger partial charge on any atom is -0.467 e. The molecule has 1 aromatic carbocycles. The van der Waals surface area contributed by atoms with Crippen LogP contribution in [0.2, 0.25) is 0 Å². The molecule has 1 atom stereocenters. The molecule has 0 heterocycles. The molecule has 0 saturated heterocycles. The maximum atomic E-state index is 11.4. The SMILES string of the molecule is COC(=O)C(O)(CC#N)c1ccccc1. The van der Waals surface area contributed by atoms with Crippen LogP contribution in [0.15, 0.2) is 30.3 Å². The fraction of sp³-hybridized carbons (Fsp3) is 0.273. The van der Waals surface area contributed by atoms with Gasteiger partial charge in [0.25, 0.3) is 0 Å². The summed E-state index contributed by atoms with van der Waals surface area (Å²) >= 11 is 0. The van der Waals surface area contributed by atoms with Gasteiger partial charge in [-0.05, 0) is 5.56 Å². The van der Waals surface area contributed by atoms with E-state index in [9.17, 15) is 9.90 Å². The number of aliphatic hydroxyl groups is 1. The van der Waals surface area contributed by atoms with Gasteiger partial charge in [0.1, 0.15) is 0 Å². The highest BCUT2D eigenvalue weighted by atomic mass is 16.5. The minimum absolute atomic E-state index is 0.330. The Hall–Kier alpha value is -1.86. The van der Waals surface area contributed by atoms with E-state index in [0.717, 1.165) is 0 Å². The van der Waals surface area contributed by atoms with E-state index < -0.39 is 11.6 Å². The Balaban J connectivity index is 3.13. The number of hydrogen-bond donors (Lipinski definition) is 1. The maximum Gasteiger partial charge on any atom is 0.343 e. The summed E-state index contributed by atoms with van der Waals surface area (Å²) in [5.41, 5.74) is -1.51. The summed E-state index contributed by atoms with van der Waals surface area (Å²) in [6.45, 7) is 0. The van der Waals surface area contributed by atoms with Crippen molar-refractivity contribution in [3.8, 4) is 6.07 Å². The van der Waals surface area contributed by atoms with Crippen LogP contribution in [-0.4, -0.2) is 18.2 Å². The van der Waals surface area contributed by atoms with Crippen molar-refractivity contribution < 1.29 is 14.6 Å². The first kappa shape index (κ1) is 11.2. The normalized spacial score (nSPS) is 13.7. The first-order valence-corrected chi connectivity index (χ1v) is 4.38. The summed E-state index contributed by atoms with van der Waals surface area (Å²) in [7, 11) is 1.17. The Bertz CT molecular complexity index is 383. The van der Waals surface area contributed by atoms with E-state index in [4.69, 9.17) is 5.26 Å².